The van der Waals surface area contributed by atoms with Crippen LogP contribution in [0.2, 0.25) is 0 Å². The normalized spacial score (nSPS) is 16.8. The monoisotopic (exact) mass is 306 g/mol. The molecular weight excluding hydrogens is 280 g/mol. The molecular formula is C16H26N4S. The van der Waals surface area contributed by atoms with E-state index in [0.717, 1.165) is 29.8 Å². The van der Waals surface area contributed by atoms with Crippen molar-refractivity contribution in [2.24, 2.45) is 11.8 Å². The first-order valence-corrected chi connectivity index (χ1v) is 8.84. The maximum Gasteiger partial charge on any atom is 0.195 e. The van der Waals surface area contributed by atoms with Gasteiger partial charge in [0, 0.05) is 31.2 Å². The van der Waals surface area contributed by atoms with Crippen LogP contribution in [-0.4, -0.2) is 29.0 Å². The molecule has 0 spiro atoms. The van der Waals surface area contributed by atoms with E-state index < -0.39 is 0 Å². The summed E-state index contributed by atoms with van der Waals surface area (Å²) in [5, 5.41) is 5.68. The van der Waals surface area contributed by atoms with Crippen LogP contribution in [-0.2, 0) is 6.54 Å². The number of nitrogens with one attached hydrogen (secondary N) is 1. The maximum atomic E-state index is 4.87. The highest BCUT2D eigenvalue weighted by Crippen LogP contribution is 2.37. The van der Waals surface area contributed by atoms with Crippen LogP contribution in [0.4, 0.5) is 5.82 Å². The van der Waals surface area contributed by atoms with E-state index >= 15 is 0 Å². The van der Waals surface area contributed by atoms with Gasteiger partial charge in [-0.25, -0.2) is 4.98 Å². The molecule has 1 aliphatic rings. The lowest BCUT2D eigenvalue weighted by atomic mass is 10.2. The Morgan fingerprint density at radius 2 is 2.19 bits per heavy atom. The van der Waals surface area contributed by atoms with E-state index in [9.17, 15) is 0 Å². The van der Waals surface area contributed by atoms with Gasteiger partial charge in [-0.1, -0.05) is 13.8 Å². The molecule has 1 atom stereocenters. The van der Waals surface area contributed by atoms with Crippen molar-refractivity contribution >= 4 is 22.1 Å². The molecule has 0 saturated heterocycles. The molecule has 0 amide bonds. The third-order valence-electron chi connectivity index (χ3n) is 4.43. The zero-order chi connectivity index (χ0) is 15.0. The van der Waals surface area contributed by atoms with Crippen molar-refractivity contribution in [3.8, 4) is 0 Å². The van der Waals surface area contributed by atoms with Gasteiger partial charge in [0.15, 0.2) is 10.8 Å². The fourth-order valence-electron chi connectivity index (χ4n) is 2.83. The van der Waals surface area contributed by atoms with E-state index in [-0.39, 0.29) is 0 Å². The molecule has 0 bridgehead atoms. The molecule has 2 aromatic rings. The molecule has 0 aliphatic heterocycles. The van der Waals surface area contributed by atoms with Crippen LogP contribution in [0.3, 0.4) is 0 Å². The number of rotatable bonds is 7. The van der Waals surface area contributed by atoms with E-state index in [1.807, 2.05) is 0 Å². The van der Waals surface area contributed by atoms with E-state index in [0.29, 0.717) is 12.0 Å². The number of imidazole rings is 1. The van der Waals surface area contributed by atoms with Crippen LogP contribution in [0.5, 0.6) is 0 Å². The molecule has 4 nitrogen and oxygen atoms in total. The van der Waals surface area contributed by atoms with Crippen molar-refractivity contribution in [1.82, 2.24) is 14.7 Å². The molecule has 1 aliphatic carbocycles. The second kappa shape index (κ2) is 5.97. The summed E-state index contributed by atoms with van der Waals surface area (Å²) >= 11 is 1.71. The Labute approximate surface area is 131 Å². The molecule has 1 saturated carbocycles. The average Bonchev–Trinajstić information content (AvgIpc) is 3.09. The quantitative estimate of drug-likeness (QED) is 0.851. The standard InChI is InChI=1S/C16H26N4S/c1-11(2)9-17-10-14-15(18-16-20(14)7-8-21-16)19(4)12(3)13-5-6-13/h7-8,11-13,17H,5-6,9-10H2,1-4H3. The van der Waals surface area contributed by atoms with Gasteiger partial charge in [0.05, 0.1) is 5.69 Å². The summed E-state index contributed by atoms with van der Waals surface area (Å²) in [7, 11) is 2.20. The number of nitrogens with zero attached hydrogens (tertiary/aromatic N) is 3. The number of hydrogen-bond acceptors (Lipinski definition) is 4. The number of anilines is 1. The van der Waals surface area contributed by atoms with E-state index in [4.69, 9.17) is 4.98 Å². The van der Waals surface area contributed by atoms with Gasteiger partial charge < -0.3 is 10.2 Å². The Bertz CT molecular complexity index is 596. The predicted octanol–water partition coefficient (Wildman–Crippen LogP) is 3.38. The van der Waals surface area contributed by atoms with Gasteiger partial charge in [0.25, 0.3) is 0 Å². The Balaban J connectivity index is 1.83. The highest BCUT2D eigenvalue weighted by Gasteiger charge is 2.32. The van der Waals surface area contributed by atoms with Gasteiger partial charge in [-0.05, 0) is 38.1 Å². The number of thiazole rings is 1. The first-order chi connectivity index (χ1) is 10.1. The summed E-state index contributed by atoms with van der Waals surface area (Å²) in [6, 6.07) is 0.582. The Hall–Kier alpha value is -1.07. The summed E-state index contributed by atoms with van der Waals surface area (Å²) < 4.78 is 2.24. The van der Waals surface area contributed by atoms with Gasteiger partial charge >= 0.3 is 0 Å². The Kier molecular flexibility index (Phi) is 4.22. The van der Waals surface area contributed by atoms with Gasteiger partial charge in [0.1, 0.15) is 0 Å². The minimum Gasteiger partial charge on any atom is -0.355 e. The molecule has 0 radical (unpaired) electrons. The zero-order valence-corrected chi connectivity index (χ0v) is 14.3. The molecule has 5 heteroatoms. The molecule has 1 fully saturated rings. The van der Waals surface area contributed by atoms with Crippen molar-refractivity contribution in [1.29, 1.82) is 0 Å². The fraction of sp³-hybridized carbons (Fsp3) is 0.688. The van der Waals surface area contributed by atoms with Gasteiger partial charge in [0.2, 0.25) is 0 Å². The number of hydrogen-bond donors (Lipinski definition) is 1. The second-order valence-electron chi connectivity index (χ2n) is 6.65. The lowest BCUT2D eigenvalue weighted by Gasteiger charge is -2.26. The lowest BCUT2D eigenvalue weighted by molar-refractivity contribution is 0.544. The van der Waals surface area contributed by atoms with Crippen molar-refractivity contribution < 1.29 is 0 Å². The van der Waals surface area contributed by atoms with Crippen LogP contribution >= 0.6 is 11.3 Å². The minimum absolute atomic E-state index is 0.582. The fourth-order valence-corrected chi connectivity index (χ4v) is 3.56. The average molecular weight is 306 g/mol. The molecule has 2 heterocycles. The summed E-state index contributed by atoms with van der Waals surface area (Å²) in [5.41, 5.74) is 1.29. The Morgan fingerprint density at radius 3 is 2.86 bits per heavy atom. The van der Waals surface area contributed by atoms with Crippen LogP contribution in [0.15, 0.2) is 11.6 Å². The SMILES string of the molecule is CC(C)CNCc1c(N(C)C(C)C2CC2)nc2sccn12. The minimum atomic E-state index is 0.582. The smallest absolute Gasteiger partial charge is 0.195 e. The van der Waals surface area contributed by atoms with Crippen LogP contribution in [0.25, 0.3) is 4.96 Å². The van der Waals surface area contributed by atoms with Crippen molar-refractivity contribution in [2.45, 2.75) is 46.2 Å². The van der Waals surface area contributed by atoms with Crippen molar-refractivity contribution in [3.05, 3.63) is 17.3 Å². The van der Waals surface area contributed by atoms with Gasteiger partial charge in [-0.15, -0.1) is 11.3 Å². The first kappa shape index (κ1) is 14.9. The molecule has 1 N–H and O–H groups in total. The van der Waals surface area contributed by atoms with Crippen LogP contribution < -0.4 is 10.2 Å². The maximum absolute atomic E-state index is 4.87. The molecule has 0 aromatic carbocycles. The molecule has 116 valence electrons. The highest BCUT2D eigenvalue weighted by atomic mass is 32.1. The largest absolute Gasteiger partial charge is 0.355 e. The molecule has 3 rings (SSSR count). The predicted molar refractivity (Wildman–Crippen MR) is 90.2 cm³/mol. The van der Waals surface area contributed by atoms with E-state index in [2.05, 4.69) is 54.0 Å². The second-order valence-corrected chi connectivity index (χ2v) is 7.52. The van der Waals surface area contributed by atoms with E-state index in [1.165, 1.54) is 18.5 Å². The molecule has 1 unspecified atom stereocenters. The summed E-state index contributed by atoms with van der Waals surface area (Å²) in [6.45, 7) is 8.74. The third kappa shape index (κ3) is 3.09. The van der Waals surface area contributed by atoms with Crippen molar-refractivity contribution in [2.75, 3.05) is 18.5 Å². The third-order valence-corrected chi connectivity index (χ3v) is 5.19. The summed E-state index contributed by atoms with van der Waals surface area (Å²) in [6.07, 6.45) is 4.88. The summed E-state index contributed by atoms with van der Waals surface area (Å²) in [5.74, 6) is 2.67. The molecule has 21 heavy (non-hydrogen) atoms. The Morgan fingerprint density at radius 1 is 1.43 bits per heavy atom. The van der Waals surface area contributed by atoms with Crippen LogP contribution in [0, 0.1) is 11.8 Å². The highest BCUT2D eigenvalue weighted by molar-refractivity contribution is 7.15. The summed E-state index contributed by atoms with van der Waals surface area (Å²) in [4.78, 5) is 8.35. The zero-order valence-electron chi connectivity index (χ0n) is 13.5. The number of aromatic nitrogens is 2. The number of fused-ring (bicyclic) bond motifs is 1. The van der Waals surface area contributed by atoms with Gasteiger partial charge in [-0.3, -0.25) is 4.40 Å². The molecule has 2 aromatic heterocycles. The van der Waals surface area contributed by atoms with Crippen molar-refractivity contribution in [3.63, 3.8) is 0 Å². The topological polar surface area (TPSA) is 32.6 Å². The lowest BCUT2D eigenvalue weighted by Crippen LogP contribution is -2.32. The first-order valence-electron chi connectivity index (χ1n) is 7.96. The van der Waals surface area contributed by atoms with E-state index in [1.54, 1.807) is 11.3 Å². The van der Waals surface area contributed by atoms with Gasteiger partial charge in [-0.2, -0.15) is 0 Å². The van der Waals surface area contributed by atoms with Crippen LogP contribution in [0.1, 0.15) is 39.3 Å².